The van der Waals surface area contributed by atoms with E-state index in [0.717, 1.165) is 148 Å². The largest absolute Gasteiger partial charge is 0.472 e. The van der Waals surface area contributed by atoms with Crippen molar-refractivity contribution < 1.29 is 80.2 Å². The van der Waals surface area contributed by atoms with Crippen LogP contribution in [-0.4, -0.2) is 96.7 Å². The highest BCUT2D eigenvalue weighted by molar-refractivity contribution is 7.47. The molecule has 0 spiro atoms. The molecule has 588 valence electrons. The third-order valence-corrected chi connectivity index (χ3v) is 18.6. The van der Waals surface area contributed by atoms with E-state index >= 15 is 0 Å². The number of carbonyl (C=O) groups excluding carboxylic acids is 4. The predicted molar refractivity (Wildman–Crippen MR) is 418 cm³/mol. The van der Waals surface area contributed by atoms with Crippen LogP contribution in [0.2, 0.25) is 0 Å². The molecule has 2 unspecified atom stereocenters. The van der Waals surface area contributed by atoms with E-state index in [9.17, 15) is 43.2 Å². The van der Waals surface area contributed by atoms with Gasteiger partial charge in [0.1, 0.15) is 19.3 Å². The maximum Gasteiger partial charge on any atom is 0.472 e. The summed E-state index contributed by atoms with van der Waals surface area (Å²) < 4.78 is 68.5. The summed E-state index contributed by atoms with van der Waals surface area (Å²) in [7, 11) is -9.98. The minimum atomic E-state index is -5.00. The molecule has 0 bridgehead atoms. The fourth-order valence-corrected chi connectivity index (χ4v) is 12.2. The van der Waals surface area contributed by atoms with Crippen molar-refractivity contribution in [3.63, 3.8) is 0 Å². The highest BCUT2D eigenvalue weighted by Crippen LogP contribution is 2.45. The van der Waals surface area contributed by atoms with Gasteiger partial charge in [-0.1, -0.05) is 278 Å². The van der Waals surface area contributed by atoms with Crippen molar-refractivity contribution in [1.29, 1.82) is 0 Å². The molecule has 19 heteroatoms. The molecule has 0 aromatic heterocycles. The Morgan fingerprint density at radius 3 is 0.853 bits per heavy atom. The van der Waals surface area contributed by atoms with Crippen LogP contribution in [0.3, 0.4) is 0 Å². The average molecular weight is 1480 g/mol. The second kappa shape index (κ2) is 75.0. The fraction of sp³-hybridized carbons (Fsp3) is 0.735. The summed E-state index contributed by atoms with van der Waals surface area (Å²) >= 11 is 0. The third kappa shape index (κ3) is 74.0. The van der Waals surface area contributed by atoms with Crippen LogP contribution in [0, 0.1) is 0 Å². The lowest BCUT2D eigenvalue weighted by Gasteiger charge is -2.21. The molecule has 17 nitrogen and oxygen atoms in total. The maximum atomic E-state index is 13.1. The molecule has 0 aromatic carbocycles. The summed E-state index contributed by atoms with van der Waals surface area (Å²) in [5.41, 5.74) is 0. The van der Waals surface area contributed by atoms with Crippen molar-refractivity contribution in [3.8, 4) is 0 Å². The molecular formula is C83H144O17P2. The number of hydrogen-bond donors (Lipinski definition) is 3. The lowest BCUT2D eigenvalue weighted by molar-refractivity contribution is -0.161. The van der Waals surface area contributed by atoms with Crippen molar-refractivity contribution in [2.45, 2.75) is 354 Å². The first kappa shape index (κ1) is 97.7. The number of carbonyl (C=O) groups is 4. The van der Waals surface area contributed by atoms with E-state index in [1.165, 1.54) is 103 Å². The van der Waals surface area contributed by atoms with Crippen LogP contribution in [-0.2, 0) is 65.4 Å². The molecule has 0 aromatic rings. The first-order valence-electron chi connectivity index (χ1n) is 40.1. The van der Waals surface area contributed by atoms with Crippen molar-refractivity contribution in [1.82, 2.24) is 0 Å². The molecule has 102 heavy (non-hydrogen) atoms. The van der Waals surface area contributed by atoms with Gasteiger partial charge < -0.3 is 33.8 Å². The van der Waals surface area contributed by atoms with E-state index in [0.29, 0.717) is 32.1 Å². The molecule has 0 aliphatic heterocycles. The number of aliphatic hydroxyl groups is 1. The Bertz CT molecular complexity index is 2360. The van der Waals surface area contributed by atoms with E-state index in [-0.39, 0.29) is 25.7 Å². The first-order valence-corrected chi connectivity index (χ1v) is 43.1. The highest BCUT2D eigenvalue weighted by Gasteiger charge is 2.30. The fourth-order valence-electron chi connectivity index (χ4n) is 10.6. The zero-order valence-corrected chi connectivity index (χ0v) is 66.0. The van der Waals surface area contributed by atoms with Crippen LogP contribution >= 0.6 is 15.6 Å². The van der Waals surface area contributed by atoms with E-state index in [4.69, 9.17) is 37.0 Å². The zero-order valence-electron chi connectivity index (χ0n) is 64.3. The summed E-state index contributed by atoms with van der Waals surface area (Å²) in [5.74, 6) is -2.29. The van der Waals surface area contributed by atoms with Gasteiger partial charge in [-0.3, -0.25) is 37.3 Å². The van der Waals surface area contributed by atoms with Gasteiger partial charge in [-0.15, -0.1) is 0 Å². The molecule has 0 saturated heterocycles. The van der Waals surface area contributed by atoms with Crippen LogP contribution in [0.4, 0.5) is 0 Å². The average Bonchev–Trinajstić information content (AvgIpc) is 0.920. The minimum absolute atomic E-state index is 0.0338. The quantitative estimate of drug-likeness (QED) is 0.0169. The van der Waals surface area contributed by atoms with E-state index in [1.54, 1.807) is 0 Å². The SMILES string of the molecule is CC/C=C\C/C=C\C/C=C\C/C=C\C/C=C\C/C=C\CCC(=O)OC[C@H](COP(=O)(O)OC[C@@H](O)COP(=O)(O)OC[C@@H](COC(=O)CCCCCCC/C=C\CCCCCC)OC(=O)CCCCCCC/C=C\CCCCCCCC)OC(=O)CCCCCCC/C=C\CCCCCCCC. The lowest BCUT2D eigenvalue weighted by Crippen LogP contribution is -2.30. The van der Waals surface area contributed by atoms with Gasteiger partial charge in [0.2, 0.25) is 0 Å². The molecule has 0 fully saturated rings. The summed E-state index contributed by atoms with van der Waals surface area (Å²) in [5, 5.41) is 10.6. The third-order valence-electron chi connectivity index (χ3n) is 16.7. The van der Waals surface area contributed by atoms with Crippen molar-refractivity contribution in [2.24, 2.45) is 0 Å². The Hall–Kier alpha value is -4.28. The van der Waals surface area contributed by atoms with Crippen molar-refractivity contribution in [3.05, 3.63) is 109 Å². The van der Waals surface area contributed by atoms with Crippen LogP contribution in [0.1, 0.15) is 336 Å². The van der Waals surface area contributed by atoms with E-state index < -0.39 is 97.5 Å². The van der Waals surface area contributed by atoms with Crippen LogP contribution < -0.4 is 0 Å². The second-order valence-corrected chi connectivity index (χ2v) is 29.5. The molecule has 0 heterocycles. The van der Waals surface area contributed by atoms with Gasteiger partial charge in [0.25, 0.3) is 0 Å². The van der Waals surface area contributed by atoms with Crippen LogP contribution in [0.15, 0.2) is 109 Å². The number of rotatable bonds is 75. The highest BCUT2D eigenvalue weighted by atomic mass is 31.2. The standard InChI is InChI=1S/C83H144O17P2/c1-5-9-13-17-21-25-29-33-36-37-38-39-42-44-48-52-56-60-64-68-81(86)94-74-79(100-83(88)70-66-62-58-54-50-46-41-35-31-27-23-19-15-11-7-3)76-98-102(91,92)96-72-77(84)71-95-101(89,90)97-75-78(73-93-80(85)67-63-59-55-51-47-43-32-28-24-20-16-12-8-4)99-82(87)69-65-61-57-53-49-45-40-34-30-26-22-18-14-10-6-2/h9,13,21,25,28,32-36,38-41,44,48,56,60,77-79,84H,5-8,10-12,14-20,22-24,26-27,29-31,37,42-43,45-47,49-55,57-59,61-76H2,1-4H3,(H,89,90)(H,91,92)/b13-9-,25-21-,32-28-,36-33-,39-38-,40-34-,41-35-,48-44-,60-56-/t77-,78+,79+/m0/s1. The van der Waals surface area contributed by atoms with Crippen molar-refractivity contribution in [2.75, 3.05) is 39.6 Å². The van der Waals surface area contributed by atoms with Gasteiger partial charge in [0, 0.05) is 25.7 Å². The Morgan fingerprint density at radius 2 is 0.529 bits per heavy atom. The summed E-state index contributed by atoms with van der Waals surface area (Å²) in [6.45, 7) is 4.65. The number of phosphoric acid groups is 2. The molecule has 0 aliphatic rings. The lowest BCUT2D eigenvalue weighted by atomic mass is 10.1. The summed E-state index contributed by atoms with van der Waals surface area (Å²) in [6.07, 6.45) is 80.8. The predicted octanol–water partition coefficient (Wildman–Crippen LogP) is 23.3. The number of hydrogen-bond acceptors (Lipinski definition) is 15. The molecular weight excluding hydrogens is 1330 g/mol. The van der Waals surface area contributed by atoms with Gasteiger partial charge in [0.15, 0.2) is 12.2 Å². The Morgan fingerprint density at radius 1 is 0.284 bits per heavy atom. The smallest absolute Gasteiger partial charge is 0.462 e. The number of unbranched alkanes of at least 4 members (excludes halogenated alkanes) is 31. The topological polar surface area (TPSA) is 237 Å². The van der Waals surface area contributed by atoms with Crippen LogP contribution in [0.25, 0.3) is 0 Å². The van der Waals surface area contributed by atoms with Gasteiger partial charge in [-0.05, 0) is 141 Å². The summed E-state index contributed by atoms with van der Waals surface area (Å²) in [4.78, 5) is 72.9. The molecule has 0 rings (SSSR count). The Kier molecular flexibility index (Phi) is 71.8. The molecule has 0 radical (unpaired) electrons. The zero-order chi connectivity index (χ0) is 74.6. The number of aliphatic hydroxyl groups excluding tert-OH is 1. The number of ether oxygens (including phenoxy) is 4. The minimum Gasteiger partial charge on any atom is -0.462 e. The van der Waals surface area contributed by atoms with Gasteiger partial charge in [0.05, 0.1) is 26.4 Å². The number of esters is 4. The van der Waals surface area contributed by atoms with E-state index in [2.05, 4.69) is 119 Å². The monoisotopic (exact) mass is 1470 g/mol. The summed E-state index contributed by atoms with van der Waals surface area (Å²) in [6, 6.07) is 0. The molecule has 3 N–H and O–H groups in total. The van der Waals surface area contributed by atoms with Crippen LogP contribution in [0.5, 0.6) is 0 Å². The van der Waals surface area contributed by atoms with Gasteiger partial charge in [-0.25, -0.2) is 9.13 Å². The Balaban J connectivity index is 5.42. The van der Waals surface area contributed by atoms with Crippen molar-refractivity contribution >= 4 is 39.5 Å². The molecule has 0 saturated carbocycles. The van der Waals surface area contributed by atoms with E-state index in [1.807, 2.05) is 18.2 Å². The normalized spacial score (nSPS) is 14.5. The maximum absolute atomic E-state index is 13.1. The molecule has 5 atom stereocenters. The second-order valence-electron chi connectivity index (χ2n) is 26.6. The molecule has 0 amide bonds. The van der Waals surface area contributed by atoms with Gasteiger partial charge >= 0.3 is 39.5 Å². The van der Waals surface area contributed by atoms with Gasteiger partial charge in [-0.2, -0.15) is 0 Å². The Labute approximate surface area is 619 Å². The molecule has 0 aliphatic carbocycles. The number of allylic oxidation sites excluding steroid dienone is 18. The first-order chi connectivity index (χ1) is 49.7. The number of phosphoric ester groups is 2.